The molecule has 118 valence electrons. The molecule has 21 heavy (non-hydrogen) atoms. The minimum absolute atomic E-state index is 0.234. The first-order chi connectivity index (χ1) is 10.1. The molecule has 0 bridgehead atoms. The molecule has 3 heterocycles. The lowest BCUT2D eigenvalue weighted by Crippen LogP contribution is -2.37. The topological polar surface area (TPSA) is 73.2 Å². The van der Waals surface area contributed by atoms with Gasteiger partial charge in [0.05, 0.1) is 5.75 Å². The molecule has 0 radical (unpaired) electrons. The van der Waals surface area contributed by atoms with Gasteiger partial charge in [-0.25, -0.2) is 18.1 Å². The van der Waals surface area contributed by atoms with E-state index in [4.69, 9.17) is 4.74 Å². The Morgan fingerprint density at radius 1 is 1.29 bits per heavy atom. The van der Waals surface area contributed by atoms with E-state index in [1.807, 2.05) is 12.4 Å². The predicted molar refractivity (Wildman–Crippen MR) is 79.4 cm³/mol. The molecular weight excluding hydrogens is 290 g/mol. The summed E-state index contributed by atoms with van der Waals surface area (Å²) in [6.45, 7) is 2.83. The van der Waals surface area contributed by atoms with Gasteiger partial charge < -0.3 is 9.30 Å². The van der Waals surface area contributed by atoms with E-state index in [0.29, 0.717) is 25.7 Å². The van der Waals surface area contributed by atoms with Gasteiger partial charge in [-0.1, -0.05) is 0 Å². The van der Waals surface area contributed by atoms with Crippen molar-refractivity contribution in [1.29, 1.82) is 0 Å². The van der Waals surface area contributed by atoms with Crippen molar-refractivity contribution in [2.75, 3.05) is 25.5 Å². The van der Waals surface area contributed by atoms with E-state index in [1.54, 1.807) is 0 Å². The fraction of sp³-hybridized carbons (Fsp3) is 0.786. The lowest BCUT2D eigenvalue weighted by molar-refractivity contribution is 0.0723. The third-order valence-electron chi connectivity index (χ3n) is 4.44. The maximum Gasteiger partial charge on any atom is 0.211 e. The Morgan fingerprint density at radius 3 is 2.90 bits per heavy atom. The number of aromatic nitrogens is 2. The normalized spacial score (nSPS) is 23.9. The molecule has 0 unspecified atom stereocenters. The van der Waals surface area contributed by atoms with Crippen LogP contribution in [-0.2, 0) is 27.7 Å². The molecule has 1 aromatic rings. The van der Waals surface area contributed by atoms with Crippen molar-refractivity contribution < 1.29 is 13.2 Å². The number of imidazole rings is 1. The summed E-state index contributed by atoms with van der Waals surface area (Å²) in [6.07, 6.45) is 7.35. The molecule has 1 saturated heterocycles. The van der Waals surface area contributed by atoms with Gasteiger partial charge in [0.2, 0.25) is 10.0 Å². The molecule has 1 aromatic heterocycles. The summed E-state index contributed by atoms with van der Waals surface area (Å²) in [4.78, 5) is 4.32. The lowest BCUT2D eigenvalue weighted by atomic mass is 9.98. The molecule has 1 atom stereocenters. The summed E-state index contributed by atoms with van der Waals surface area (Å²) in [5.74, 6) is 1.89. The minimum atomic E-state index is -3.18. The van der Waals surface area contributed by atoms with Crippen LogP contribution in [0.1, 0.15) is 25.1 Å². The molecule has 0 saturated carbocycles. The smallest absolute Gasteiger partial charge is 0.211 e. The second-order valence-electron chi connectivity index (χ2n) is 6.08. The van der Waals surface area contributed by atoms with E-state index in [-0.39, 0.29) is 11.7 Å². The summed E-state index contributed by atoms with van der Waals surface area (Å²) in [5.41, 5.74) is 0. The summed E-state index contributed by atoms with van der Waals surface area (Å²) in [7, 11) is -3.18. The Kier molecular flexibility index (Phi) is 4.61. The van der Waals surface area contributed by atoms with Gasteiger partial charge in [0.15, 0.2) is 0 Å². The molecule has 6 nitrogen and oxygen atoms in total. The zero-order valence-corrected chi connectivity index (χ0v) is 13.0. The van der Waals surface area contributed by atoms with Crippen LogP contribution >= 0.6 is 0 Å². The second-order valence-corrected chi connectivity index (χ2v) is 7.93. The number of rotatable bonds is 5. The van der Waals surface area contributed by atoms with Crippen molar-refractivity contribution >= 4 is 10.0 Å². The first-order valence-corrected chi connectivity index (χ1v) is 9.33. The molecule has 2 aliphatic rings. The van der Waals surface area contributed by atoms with Crippen LogP contribution in [0.15, 0.2) is 12.4 Å². The first-order valence-electron chi connectivity index (χ1n) is 7.67. The molecule has 2 aliphatic heterocycles. The summed E-state index contributed by atoms with van der Waals surface area (Å²) < 4.78 is 34.5. The van der Waals surface area contributed by atoms with Gasteiger partial charge >= 0.3 is 0 Å². The van der Waals surface area contributed by atoms with Crippen LogP contribution in [0.25, 0.3) is 0 Å². The number of nitrogens with one attached hydrogen (secondary N) is 1. The number of aryl methyl sites for hydroxylation is 1. The van der Waals surface area contributed by atoms with Crippen molar-refractivity contribution in [3.05, 3.63) is 18.2 Å². The van der Waals surface area contributed by atoms with Crippen molar-refractivity contribution in [2.45, 2.75) is 32.2 Å². The van der Waals surface area contributed by atoms with Crippen molar-refractivity contribution in [1.82, 2.24) is 14.3 Å². The number of sulfonamides is 1. The van der Waals surface area contributed by atoms with Crippen molar-refractivity contribution in [3.63, 3.8) is 0 Å². The highest BCUT2D eigenvalue weighted by Gasteiger charge is 2.24. The lowest BCUT2D eigenvalue weighted by Gasteiger charge is -2.25. The zero-order chi connectivity index (χ0) is 14.7. The third kappa shape index (κ3) is 4.05. The fourth-order valence-corrected chi connectivity index (χ4v) is 4.68. The molecule has 0 aliphatic carbocycles. The Bertz CT molecular complexity index is 564. The quantitative estimate of drug-likeness (QED) is 0.872. The van der Waals surface area contributed by atoms with Crippen LogP contribution in [0, 0.1) is 11.8 Å². The largest absolute Gasteiger partial charge is 0.381 e. The second kappa shape index (κ2) is 6.46. The Hall–Kier alpha value is -0.920. The SMILES string of the molecule is O=S(=O)(CC1CCOCC1)NC[C@H]1CCn2ccnc2C1. The van der Waals surface area contributed by atoms with E-state index < -0.39 is 10.0 Å². The zero-order valence-electron chi connectivity index (χ0n) is 12.2. The van der Waals surface area contributed by atoms with Gasteiger partial charge in [0.1, 0.15) is 5.82 Å². The predicted octanol–water partition coefficient (Wildman–Crippen LogP) is 0.791. The molecule has 3 rings (SSSR count). The van der Waals surface area contributed by atoms with Gasteiger partial charge in [-0.2, -0.15) is 0 Å². The van der Waals surface area contributed by atoms with Crippen molar-refractivity contribution in [3.8, 4) is 0 Å². The summed E-state index contributed by atoms with van der Waals surface area (Å²) >= 11 is 0. The Morgan fingerprint density at radius 2 is 2.10 bits per heavy atom. The molecule has 0 amide bonds. The van der Waals surface area contributed by atoms with E-state index in [2.05, 4.69) is 14.3 Å². The van der Waals surface area contributed by atoms with E-state index in [1.165, 1.54) is 0 Å². The Labute approximate surface area is 125 Å². The van der Waals surface area contributed by atoms with Crippen LogP contribution in [0.4, 0.5) is 0 Å². The summed E-state index contributed by atoms with van der Waals surface area (Å²) in [6, 6.07) is 0. The Balaban J connectivity index is 1.48. The first kappa shape index (κ1) is 15.0. The molecule has 1 fully saturated rings. The average Bonchev–Trinajstić information content (AvgIpc) is 2.93. The highest BCUT2D eigenvalue weighted by Crippen LogP contribution is 2.19. The van der Waals surface area contributed by atoms with Gasteiger partial charge in [0.25, 0.3) is 0 Å². The van der Waals surface area contributed by atoms with Gasteiger partial charge in [-0.3, -0.25) is 0 Å². The van der Waals surface area contributed by atoms with Crippen LogP contribution in [0.5, 0.6) is 0 Å². The number of fused-ring (bicyclic) bond motifs is 1. The number of ether oxygens (including phenoxy) is 1. The van der Waals surface area contributed by atoms with Gasteiger partial charge in [-0.05, 0) is 31.1 Å². The average molecular weight is 313 g/mol. The van der Waals surface area contributed by atoms with Crippen molar-refractivity contribution in [2.24, 2.45) is 11.8 Å². The monoisotopic (exact) mass is 313 g/mol. The summed E-state index contributed by atoms with van der Waals surface area (Å²) in [5, 5.41) is 0. The van der Waals surface area contributed by atoms with Crippen LogP contribution < -0.4 is 4.72 Å². The molecule has 1 N–H and O–H groups in total. The molecule has 0 aromatic carbocycles. The third-order valence-corrected chi connectivity index (χ3v) is 5.96. The maximum atomic E-state index is 12.2. The van der Waals surface area contributed by atoms with E-state index in [0.717, 1.165) is 38.1 Å². The number of hydrogen-bond donors (Lipinski definition) is 1. The van der Waals surface area contributed by atoms with Gasteiger partial charge in [0, 0.05) is 45.1 Å². The number of hydrogen-bond acceptors (Lipinski definition) is 4. The van der Waals surface area contributed by atoms with Crippen LogP contribution in [-0.4, -0.2) is 43.5 Å². The van der Waals surface area contributed by atoms with E-state index >= 15 is 0 Å². The van der Waals surface area contributed by atoms with Gasteiger partial charge in [-0.15, -0.1) is 0 Å². The maximum absolute atomic E-state index is 12.2. The standard InChI is InChI=1S/C14H23N3O3S/c18-21(19,11-12-2-7-20-8-3-12)16-10-13-1-5-17-6-4-15-14(17)9-13/h4,6,12-13,16H,1-3,5,7-11H2/t13-/m0/s1. The minimum Gasteiger partial charge on any atom is -0.381 e. The highest BCUT2D eigenvalue weighted by atomic mass is 32.2. The number of nitrogens with zero attached hydrogens (tertiary/aromatic N) is 2. The van der Waals surface area contributed by atoms with Crippen LogP contribution in [0.3, 0.4) is 0 Å². The van der Waals surface area contributed by atoms with Crippen LogP contribution in [0.2, 0.25) is 0 Å². The molecule has 7 heteroatoms. The molecular formula is C14H23N3O3S. The fourth-order valence-electron chi connectivity index (χ4n) is 3.12. The molecule has 0 spiro atoms. The highest BCUT2D eigenvalue weighted by molar-refractivity contribution is 7.89. The van der Waals surface area contributed by atoms with E-state index in [9.17, 15) is 8.42 Å².